The summed E-state index contributed by atoms with van der Waals surface area (Å²) in [7, 11) is 2.08. The lowest BCUT2D eigenvalue weighted by Gasteiger charge is -2.32. The second kappa shape index (κ2) is 11.0. The highest BCUT2D eigenvalue weighted by Gasteiger charge is 2.39. The Hall–Kier alpha value is -4.22. The molecule has 1 aliphatic heterocycles. The van der Waals surface area contributed by atoms with Crippen LogP contribution in [-0.4, -0.2) is 23.9 Å². The number of nitrogens with zero attached hydrogens (tertiary/aromatic N) is 4. The van der Waals surface area contributed by atoms with E-state index in [1.54, 1.807) is 6.20 Å². The maximum absolute atomic E-state index is 10.0. The van der Waals surface area contributed by atoms with Crippen molar-refractivity contribution in [1.82, 2.24) is 21.0 Å². The molecule has 2 atom stereocenters. The minimum Gasteiger partial charge on any atom is -0.377 e. The second-order valence-corrected chi connectivity index (χ2v) is 11.8. The van der Waals surface area contributed by atoms with Gasteiger partial charge in [0.1, 0.15) is 20.0 Å². The molecule has 0 saturated heterocycles. The van der Waals surface area contributed by atoms with Crippen LogP contribution in [0.25, 0.3) is 10.9 Å². The number of hydrogen-bond donors (Lipinski definition) is 4. The highest BCUT2D eigenvalue weighted by Crippen LogP contribution is 2.40. The number of nitriles is 2. The van der Waals surface area contributed by atoms with Crippen LogP contribution in [0.1, 0.15) is 53.8 Å². The maximum atomic E-state index is 10.0. The van der Waals surface area contributed by atoms with Crippen molar-refractivity contribution < 1.29 is 0 Å². The number of anilines is 2. The Morgan fingerprint density at radius 1 is 1.22 bits per heavy atom. The molecule has 4 aromatic rings. The monoisotopic (exact) mass is 578 g/mol. The minimum atomic E-state index is -0.711. The van der Waals surface area contributed by atoms with Crippen LogP contribution in [-0.2, 0) is 5.44 Å². The number of fused-ring (bicyclic) bond motifs is 1. The zero-order valence-electron chi connectivity index (χ0n) is 22.7. The molecule has 1 saturated carbocycles. The van der Waals surface area contributed by atoms with Gasteiger partial charge in [-0.05, 0) is 43.0 Å². The number of rotatable bonds is 9. The molecule has 0 radical (unpaired) electrons. The molecule has 4 N–H and O–H groups in total. The minimum absolute atomic E-state index is 0.00240. The van der Waals surface area contributed by atoms with Gasteiger partial charge in [-0.25, -0.2) is 0 Å². The molecule has 0 spiro atoms. The molecule has 2 aromatic carbocycles. The topological polar surface area (TPSA) is 112 Å². The summed E-state index contributed by atoms with van der Waals surface area (Å²) in [6.07, 6.45) is 6.78. The summed E-state index contributed by atoms with van der Waals surface area (Å²) in [5, 5.41) is 32.1. The van der Waals surface area contributed by atoms with Gasteiger partial charge in [0.2, 0.25) is 0 Å². The van der Waals surface area contributed by atoms with Gasteiger partial charge in [-0.2, -0.15) is 10.5 Å². The van der Waals surface area contributed by atoms with Gasteiger partial charge in [0.25, 0.3) is 0 Å². The second-order valence-electron chi connectivity index (χ2n) is 10.5. The quantitative estimate of drug-likeness (QED) is 0.193. The van der Waals surface area contributed by atoms with E-state index in [9.17, 15) is 10.5 Å². The fourth-order valence-electron chi connectivity index (χ4n) is 5.19. The van der Waals surface area contributed by atoms with E-state index in [0.29, 0.717) is 33.4 Å². The smallest absolute Gasteiger partial charge is 0.149 e. The van der Waals surface area contributed by atoms with Crippen molar-refractivity contribution in [2.24, 2.45) is 0 Å². The van der Waals surface area contributed by atoms with Crippen LogP contribution in [0.15, 0.2) is 72.0 Å². The van der Waals surface area contributed by atoms with E-state index < -0.39 is 5.44 Å². The lowest BCUT2D eigenvalue weighted by Crippen LogP contribution is -2.45. The average Bonchev–Trinajstić information content (AvgIpc) is 3.50. The molecule has 1 aliphatic carbocycles. The van der Waals surface area contributed by atoms with Crippen molar-refractivity contribution >= 4 is 53.1 Å². The van der Waals surface area contributed by atoms with Crippen LogP contribution in [0.3, 0.4) is 0 Å². The van der Waals surface area contributed by atoms with E-state index in [0.717, 1.165) is 46.5 Å². The Labute approximate surface area is 249 Å². The molecule has 0 bridgehead atoms. The van der Waals surface area contributed by atoms with Crippen LogP contribution in [0.2, 0.25) is 5.02 Å². The van der Waals surface area contributed by atoms with E-state index >= 15 is 0 Å². The Bertz CT molecular complexity index is 1720. The summed E-state index contributed by atoms with van der Waals surface area (Å²) in [6.45, 7) is 2.11. The van der Waals surface area contributed by atoms with Crippen LogP contribution in [0.5, 0.6) is 0 Å². The van der Waals surface area contributed by atoms with Crippen LogP contribution in [0.4, 0.5) is 11.4 Å². The Morgan fingerprint density at radius 3 is 2.71 bits per heavy atom. The molecular formula is C30H28BClN8S. The lowest BCUT2D eigenvalue weighted by atomic mass is 9.73. The zero-order valence-corrected chi connectivity index (χ0v) is 24.3. The van der Waals surface area contributed by atoms with Crippen molar-refractivity contribution in [3.05, 3.63) is 98.6 Å². The number of halogens is 1. The highest BCUT2D eigenvalue weighted by atomic mass is 35.5. The summed E-state index contributed by atoms with van der Waals surface area (Å²) in [4.78, 5) is 5.52. The molecule has 3 heterocycles. The zero-order chi connectivity index (χ0) is 28.6. The molecule has 0 amide bonds. The van der Waals surface area contributed by atoms with E-state index in [2.05, 4.69) is 76.8 Å². The first-order valence-corrected chi connectivity index (χ1v) is 14.8. The molecule has 41 heavy (non-hydrogen) atoms. The number of hydrogen-bond acceptors (Lipinski definition) is 9. The van der Waals surface area contributed by atoms with Crippen LogP contribution >= 0.6 is 22.9 Å². The molecule has 1 fully saturated rings. The number of pyridine rings is 1. The standard InChI is InChI=1S/C30H28BClN8S/c1-2-25(19-6-4-3-5-7-19)36-28-20(14-34)15-35-29-23(28)11-21(12-24(29)32)37-30(31,27-10-18(13-33)17-41-27)26-16-40(39-38-26)22-8-9-22/h3-7,10-12,15-17,22,25,37-39H,2,8-9,31H2,1H3,(H,35,36)/t25-,30?/m1/s1. The van der Waals surface area contributed by atoms with Crippen molar-refractivity contribution in [1.29, 1.82) is 10.5 Å². The van der Waals surface area contributed by atoms with Crippen molar-refractivity contribution in [3.63, 3.8) is 0 Å². The van der Waals surface area contributed by atoms with Crippen molar-refractivity contribution in [2.75, 3.05) is 10.6 Å². The van der Waals surface area contributed by atoms with E-state index in [-0.39, 0.29) is 6.04 Å². The molecule has 1 unspecified atom stereocenters. The summed E-state index contributed by atoms with van der Waals surface area (Å²) < 4.78 is 0. The summed E-state index contributed by atoms with van der Waals surface area (Å²) in [5.74, 6) is 0. The number of hydrazine groups is 2. The largest absolute Gasteiger partial charge is 0.377 e. The predicted octanol–water partition coefficient (Wildman–Crippen LogP) is 5.48. The van der Waals surface area contributed by atoms with Crippen LogP contribution in [0, 0.1) is 22.7 Å². The molecule has 6 rings (SSSR count). The number of thiophene rings is 1. The fraction of sp³-hybridized carbons (Fsp3) is 0.233. The van der Waals surface area contributed by atoms with Gasteiger partial charge in [0, 0.05) is 39.8 Å². The first-order chi connectivity index (χ1) is 19.9. The van der Waals surface area contributed by atoms with Crippen LogP contribution < -0.4 is 21.6 Å². The number of aromatic nitrogens is 1. The molecule has 2 aromatic heterocycles. The van der Waals surface area contributed by atoms with Gasteiger partial charge in [-0.1, -0.05) is 48.9 Å². The Balaban J connectivity index is 1.44. The van der Waals surface area contributed by atoms with E-state index in [4.69, 9.17) is 11.6 Å². The molecular weight excluding hydrogens is 551 g/mol. The molecule has 8 nitrogen and oxygen atoms in total. The first kappa shape index (κ1) is 27.0. The lowest BCUT2D eigenvalue weighted by molar-refractivity contribution is 0.260. The van der Waals surface area contributed by atoms with Gasteiger partial charge in [-0.3, -0.25) is 9.99 Å². The van der Waals surface area contributed by atoms with Gasteiger partial charge in [-0.15, -0.1) is 16.9 Å². The molecule has 2 aliphatic rings. The van der Waals surface area contributed by atoms with Gasteiger partial charge in [0.05, 0.1) is 44.5 Å². The third-order valence-electron chi connectivity index (χ3n) is 7.66. The molecule has 204 valence electrons. The summed E-state index contributed by atoms with van der Waals surface area (Å²) in [5.41, 5.74) is 11.1. The van der Waals surface area contributed by atoms with Gasteiger partial charge < -0.3 is 16.1 Å². The average molecular weight is 579 g/mol. The fourth-order valence-corrected chi connectivity index (χ4v) is 6.43. The SMILES string of the molecule is BC(Nc1cc(Cl)c2ncc(C#N)c(N[C@H](CC)c3ccccc3)c2c1)(C1=CN(C2CC2)NN1)c1cc(C#N)cs1. The van der Waals surface area contributed by atoms with E-state index in [1.807, 2.05) is 41.8 Å². The summed E-state index contributed by atoms with van der Waals surface area (Å²) in [6, 6.07) is 21.0. The third-order valence-corrected chi connectivity index (χ3v) is 9.10. The van der Waals surface area contributed by atoms with Gasteiger partial charge >= 0.3 is 0 Å². The molecule has 11 heteroatoms. The third kappa shape index (κ3) is 5.18. The van der Waals surface area contributed by atoms with Crippen molar-refractivity contribution in [3.8, 4) is 12.1 Å². The maximum Gasteiger partial charge on any atom is 0.149 e. The summed E-state index contributed by atoms with van der Waals surface area (Å²) >= 11 is 8.37. The van der Waals surface area contributed by atoms with Crippen molar-refractivity contribution in [2.45, 2.75) is 43.7 Å². The number of nitrogens with one attached hydrogen (secondary N) is 4. The van der Waals surface area contributed by atoms with Gasteiger partial charge in [0.15, 0.2) is 0 Å². The predicted molar refractivity (Wildman–Crippen MR) is 167 cm³/mol. The Morgan fingerprint density at radius 2 is 2.02 bits per heavy atom. The Kier molecular flexibility index (Phi) is 7.23. The van der Waals surface area contributed by atoms with E-state index in [1.165, 1.54) is 11.3 Å². The number of benzene rings is 2. The first-order valence-electron chi connectivity index (χ1n) is 13.6. The normalized spacial score (nSPS) is 16.7. The highest BCUT2D eigenvalue weighted by molar-refractivity contribution is 7.10.